The van der Waals surface area contributed by atoms with Crippen molar-refractivity contribution in [3.63, 3.8) is 0 Å². The van der Waals surface area contributed by atoms with Gasteiger partial charge in [-0.25, -0.2) is 0 Å². The SMILES string of the molecule is COC(=O)[C@@]12CN(C)C[C@@](C(=O)OC)([C@@H](c3ccccn3)N(C)[C@H]1c1ccccn1)C2(O)O. The Kier molecular flexibility index (Phi) is 5.73. The molecule has 10 heteroatoms. The van der Waals surface area contributed by atoms with E-state index in [-0.39, 0.29) is 13.1 Å². The van der Waals surface area contributed by atoms with E-state index in [9.17, 15) is 19.8 Å². The normalized spacial score (nSPS) is 31.6. The first-order valence-electron chi connectivity index (χ1n) is 10.5. The number of carbonyl (C=O) groups excluding carboxylic acids is 2. The summed E-state index contributed by atoms with van der Waals surface area (Å²) >= 11 is 0. The Balaban J connectivity index is 2.12. The third-order valence-electron chi connectivity index (χ3n) is 7.07. The van der Waals surface area contributed by atoms with Crippen LogP contribution in [0.25, 0.3) is 0 Å². The van der Waals surface area contributed by atoms with Gasteiger partial charge in [0.25, 0.3) is 0 Å². The van der Waals surface area contributed by atoms with Crippen LogP contribution in [0, 0.1) is 10.8 Å². The highest BCUT2D eigenvalue weighted by atomic mass is 16.6. The molecule has 0 aromatic carbocycles. The number of hydrogen-bond donors (Lipinski definition) is 2. The average molecular weight is 456 g/mol. The molecule has 2 aliphatic heterocycles. The molecule has 2 bridgehead atoms. The van der Waals surface area contributed by atoms with Crippen LogP contribution in [0.15, 0.2) is 48.8 Å². The molecule has 33 heavy (non-hydrogen) atoms. The summed E-state index contributed by atoms with van der Waals surface area (Å²) in [4.78, 5) is 39.4. The predicted molar refractivity (Wildman–Crippen MR) is 115 cm³/mol. The van der Waals surface area contributed by atoms with Gasteiger partial charge in [-0.1, -0.05) is 12.1 Å². The van der Waals surface area contributed by atoms with E-state index in [0.717, 1.165) is 0 Å². The molecular weight excluding hydrogens is 428 g/mol. The standard InChI is InChI=1S/C23H28N4O6/c1-26-13-21(19(28)32-3)17(15-9-5-7-11-24-15)27(2)18(16-10-6-8-12-25-16)22(14-26,20(29)33-4)23(21,30)31/h5-12,17-18,30-31H,13-14H2,1-4H3/t17-,18+,21+,22-. The third-order valence-corrected chi connectivity index (χ3v) is 7.07. The summed E-state index contributed by atoms with van der Waals surface area (Å²) in [5.74, 6) is -4.60. The van der Waals surface area contributed by atoms with Crippen molar-refractivity contribution in [2.45, 2.75) is 17.9 Å². The van der Waals surface area contributed by atoms with Crippen molar-refractivity contribution in [1.29, 1.82) is 0 Å². The number of pyridine rings is 2. The number of likely N-dealkylation sites (tertiary alicyclic amines) is 2. The Morgan fingerprint density at radius 1 is 0.879 bits per heavy atom. The maximum atomic E-state index is 13.5. The fraction of sp³-hybridized carbons (Fsp3) is 0.478. The first-order chi connectivity index (χ1) is 15.7. The fourth-order valence-electron chi connectivity index (χ4n) is 5.92. The van der Waals surface area contributed by atoms with Crippen molar-refractivity contribution >= 4 is 11.9 Å². The van der Waals surface area contributed by atoms with E-state index in [1.807, 2.05) is 0 Å². The topological polar surface area (TPSA) is 125 Å². The lowest BCUT2D eigenvalue weighted by molar-refractivity contribution is -0.374. The van der Waals surface area contributed by atoms with E-state index in [4.69, 9.17) is 9.47 Å². The lowest BCUT2D eigenvalue weighted by Crippen LogP contribution is -2.83. The summed E-state index contributed by atoms with van der Waals surface area (Å²) in [6, 6.07) is 8.44. The second kappa shape index (κ2) is 8.14. The monoisotopic (exact) mass is 456 g/mol. The summed E-state index contributed by atoms with van der Waals surface area (Å²) in [6.45, 7) is -0.183. The molecule has 4 heterocycles. The minimum Gasteiger partial charge on any atom is -0.468 e. The second-order valence-corrected chi connectivity index (χ2v) is 8.75. The summed E-state index contributed by atoms with van der Waals surface area (Å²) in [5, 5.41) is 24.0. The van der Waals surface area contributed by atoms with Crippen molar-refractivity contribution in [3.8, 4) is 0 Å². The van der Waals surface area contributed by atoms with Gasteiger partial charge in [0.1, 0.15) is 0 Å². The highest BCUT2D eigenvalue weighted by Crippen LogP contribution is 2.66. The molecule has 2 aliphatic rings. The van der Waals surface area contributed by atoms with Crippen LogP contribution in [0.3, 0.4) is 0 Å². The first-order valence-corrected chi connectivity index (χ1v) is 10.5. The molecule has 0 spiro atoms. The zero-order chi connectivity index (χ0) is 24.0. The zero-order valence-corrected chi connectivity index (χ0v) is 19.0. The third kappa shape index (κ3) is 2.95. The fourth-order valence-corrected chi connectivity index (χ4v) is 5.92. The van der Waals surface area contributed by atoms with Gasteiger partial charge in [-0.2, -0.15) is 0 Å². The van der Waals surface area contributed by atoms with Crippen molar-refractivity contribution in [2.24, 2.45) is 10.8 Å². The van der Waals surface area contributed by atoms with Crippen LogP contribution in [-0.4, -0.2) is 89.1 Å². The molecule has 2 fully saturated rings. The number of fused-ring (bicyclic) bond motifs is 2. The van der Waals surface area contributed by atoms with E-state index in [2.05, 4.69) is 9.97 Å². The Hall–Kier alpha value is -2.92. The molecule has 10 nitrogen and oxygen atoms in total. The van der Waals surface area contributed by atoms with Gasteiger partial charge in [0.2, 0.25) is 5.79 Å². The number of hydrogen-bond acceptors (Lipinski definition) is 10. The number of piperidine rings is 2. The number of aromatic nitrogens is 2. The molecule has 0 aliphatic carbocycles. The van der Waals surface area contributed by atoms with Crippen LogP contribution in [-0.2, 0) is 19.1 Å². The molecule has 2 saturated heterocycles. The number of nitrogens with zero attached hydrogens (tertiary/aromatic N) is 4. The highest BCUT2D eigenvalue weighted by molar-refractivity contribution is 5.87. The predicted octanol–water partition coefficient (Wildman–Crippen LogP) is 0.149. The van der Waals surface area contributed by atoms with Gasteiger partial charge < -0.3 is 24.6 Å². The van der Waals surface area contributed by atoms with E-state index in [1.54, 1.807) is 72.7 Å². The Morgan fingerprint density at radius 2 is 1.30 bits per heavy atom. The Morgan fingerprint density at radius 3 is 1.64 bits per heavy atom. The molecule has 0 amide bonds. The van der Waals surface area contributed by atoms with Gasteiger partial charge in [-0.05, 0) is 38.4 Å². The second-order valence-electron chi connectivity index (χ2n) is 8.75. The molecule has 0 radical (unpaired) electrons. The van der Waals surface area contributed by atoms with Crippen LogP contribution in [0.4, 0.5) is 0 Å². The van der Waals surface area contributed by atoms with Crippen LogP contribution in [0.5, 0.6) is 0 Å². The van der Waals surface area contributed by atoms with Crippen LogP contribution in [0.1, 0.15) is 23.5 Å². The van der Waals surface area contributed by atoms with E-state index >= 15 is 0 Å². The summed E-state index contributed by atoms with van der Waals surface area (Å²) in [5.41, 5.74) is -3.13. The number of carbonyl (C=O) groups is 2. The maximum Gasteiger partial charge on any atom is 0.320 e. The molecule has 0 saturated carbocycles. The van der Waals surface area contributed by atoms with Gasteiger partial charge in [0.05, 0.1) is 37.7 Å². The lowest BCUT2D eigenvalue weighted by atomic mass is 9.51. The lowest BCUT2D eigenvalue weighted by Gasteiger charge is -2.67. The van der Waals surface area contributed by atoms with Gasteiger partial charge >= 0.3 is 11.9 Å². The number of ether oxygens (including phenoxy) is 2. The molecule has 4 rings (SSSR count). The van der Waals surface area contributed by atoms with Gasteiger partial charge in [0, 0.05) is 25.5 Å². The van der Waals surface area contributed by atoms with Crippen molar-refractivity contribution in [2.75, 3.05) is 41.4 Å². The maximum absolute atomic E-state index is 13.5. The minimum atomic E-state index is -2.87. The van der Waals surface area contributed by atoms with Crippen molar-refractivity contribution < 1.29 is 29.3 Å². The molecule has 2 N–H and O–H groups in total. The highest BCUT2D eigenvalue weighted by Gasteiger charge is 2.82. The summed E-state index contributed by atoms with van der Waals surface area (Å²) < 4.78 is 10.3. The number of methoxy groups -OCH3 is 2. The van der Waals surface area contributed by atoms with E-state index in [1.165, 1.54) is 14.2 Å². The molecule has 2 aromatic rings. The number of aliphatic hydroxyl groups is 2. The summed E-state index contributed by atoms with van der Waals surface area (Å²) in [6.07, 6.45) is 3.13. The number of esters is 2. The number of rotatable bonds is 4. The van der Waals surface area contributed by atoms with Gasteiger partial charge in [-0.15, -0.1) is 0 Å². The van der Waals surface area contributed by atoms with Crippen molar-refractivity contribution in [3.05, 3.63) is 60.2 Å². The summed E-state index contributed by atoms with van der Waals surface area (Å²) in [7, 11) is 5.79. The molecule has 2 aromatic heterocycles. The van der Waals surface area contributed by atoms with Gasteiger partial charge in [-0.3, -0.25) is 24.5 Å². The van der Waals surface area contributed by atoms with Crippen LogP contribution < -0.4 is 0 Å². The molecule has 176 valence electrons. The van der Waals surface area contributed by atoms with Crippen LogP contribution in [0.2, 0.25) is 0 Å². The average Bonchev–Trinajstić information content (AvgIpc) is 2.81. The first kappa shape index (κ1) is 23.2. The Bertz CT molecular complexity index is 956. The van der Waals surface area contributed by atoms with E-state index in [0.29, 0.717) is 11.4 Å². The van der Waals surface area contributed by atoms with E-state index < -0.39 is 40.6 Å². The molecule has 0 unspecified atom stereocenters. The quantitative estimate of drug-likeness (QED) is 0.485. The minimum absolute atomic E-state index is 0.0913. The zero-order valence-electron chi connectivity index (χ0n) is 19.0. The van der Waals surface area contributed by atoms with Gasteiger partial charge in [0.15, 0.2) is 10.8 Å². The molecule has 4 atom stereocenters. The Labute approximate surface area is 191 Å². The smallest absolute Gasteiger partial charge is 0.320 e. The molecular formula is C23H28N4O6. The van der Waals surface area contributed by atoms with Crippen molar-refractivity contribution in [1.82, 2.24) is 19.8 Å². The largest absolute Gasteiger partial charge is 0.468 e. The van der Waals surface area contributed by atoms with Crippen LogP contribution >= 0.6 is 0 Å².